The highest BCUT2D eigenvalue weighted by Crippen LogP contribution is 2.20. The number of hydrogen-bond acceptors (Lipinski definition) is 6. The molecule has 0 radical (unpaired) electrons. The zero-order chi connectivity index (χ0) is 21.1. The maximum Gasteiger partial charge on any atom is 0.228 e. The van der Waals surface area contributed by atoms with Crippen LogP contribution in [0.4, 0.5) is 10.3 Å². The molecule has 0 atom stereocenters. The van der Waals surface area contributed by atoms with Gasteiger partial charge < -0.3 is 21.4 Å². The summed E-state index contributed by atoms with van der Waals surface area (Å²) in [6.07, 6.45) is 9.36. The molecule has 0 saturated carbocycles. The topological polar surface area (TPSA) is 116 Å². The lowest BCUT2D eigenvalue weighted by atomic mass is 10.1. The highest BCUT2D eigenvalue weighted by Gasteiger charge is 2.07. The highest BCUT2D eigenvalue weighted by atomic mass is 19.1. The normalized spacial score (nSPS) is 11.6. The van der Waals surface area contributed by atoms with Gasteiger partial charge in [-0.05, 0) is 59.5 Å². The van der Waals surface area contributed by atoms with E-state index in [4.69, 9.17) is 11.1 Å². The van der Waals surface area contributed by atoms with Gasteiger partial charge in [0.1, 0.15) is 17.3 Å². The Bertz CT molecular complexity index is 1220. The van der Waals surface area contributed by atoms with Crippen molar-refractivity contribution in [3.05, 3.63) is 95.1 Å². The van der Waals surface area contributed by atoms with Crippen molar-refractivity contribution < 1.29 is 4.39 Å². The Balaban J connectivity index is 1.43. The molecule has 150 valence electrons. The van der Waals surface area contributed by atoms with Crippen molar-refractivity contribution in [2.75, 3.05) is 5.32 Å². The molecule has 1 aromatic carbocycles. The van der Waals surface area contributed by atoms with Gasteiger partial charge in [0.15, 0.2) is 0 Å². The SMILES string of the molecule is Cc1cnc2[nH]cc(Cc3cnc(N/C(N)=C/C(=N)c4ccc(F)cc4)nc3)c2c1. The minimum atomic E-state index is -0.353. The van der Waals surface area contributed by atoms with Crippen LogP contribution in [0.5, 0.6) is 0 Å². The third kappa shape index (κ3) is 4.33. The molecule has 4 rings (SSSR count). The first-order valence-electron chi connectivity index (χ1n) is 9.30. The van der Waals surface area contributed by atoms with E-state index in [0.717, 1.165) is 27.7 Å². The molecule has 0 unspecified atom stereocenters. The van der Waals surface area contributed by atoms with Crippen molar-refractivity contribution in [2.24, 2.45) is 5.73 Å². The average Bonchev–Trinajstić information content (AvgIpc) is 3.11. The van der Waals surface area contributed by atoms with Crippen LogP contribution in [0.2, 0.25) is 0 Å². The van der Waals surface area contributed by atoms with E-state index in [1.807, 2.05) is 19.3 Å². The number of hydrogen-bond donors (Lipinski definition) is 4. The highest BCUT2D eigenvalue weighted by molar-refractivity contribution is 6.06. The van der Waals surface area contributed by atoms with Gasteiger partial charge in [-0.3, -0.25) is 0 Å². The van der Waals surface area contributed by atoms with Gasteiger partial charge in [-0.25, -0.2) is 19.3 Å². The first kappa shape index (κ1) is 19.3. The molecule has 5 N–H and O–H groups in total. The Hall–Kier alpha value is -4.07. The predicted octanol–water partition coefficient (Wildman–Crippen LogP) is 3.67. The number of nitrogens with one attached hydrogen (secondary N) is 3. The number of allylic oxidation sites excluding steroid dienone is 1. The van der Waals surface area contributed by atoms with E-state index in [-0.39, 0.29) is 17.3 Å². The molecule has 0 bridgehead atoms. The Labute approximate surface area is 172 Å². The summed E-state index contributed by atoms with van der Waals surface area (Å²) < 4.78 is 13.0. The second kappa shape index (κ2) is 8.12. The summed E-state index contributed by atoms with van der Waals surface area (Å²) in [7, 11) is 0. The number of benzene rings is 1. The minimum absolute atomic E-state index is 0.153. The maximum absolute atomic E-state index is 13.0. The van der Waals surface area contributed by atoms with E-state index < -0.39 is 0 Å². The Morgan fingerprint density at radius 1 is 1.17 bits per heavy atom. The van der Waals surface area contributed by atoms with Crippen molar-refractivity contribution in [1.82, 2.24) is 19.9 Å². The zero-order valence-electron chi connectivity index (χ0n) is 16.3. The number of pyridine rings is 1. The monoisotopic (exact) mass is 401 g/mol. The molecule has 3 aromatic heterocycles. The smallest absolute Gasteiger partial charge is 0.228 e. The minimum Gasteiger partial charge on any atom is -0.385 e. The average molecular weight is 401 g/mol. The van der Waals surface area contributed by atoms with E-state index in [0.29, 0.717) is 17.9 Å². The van der Waals surface area contributed by atoms with E-state index in [9.17, 15) is 4.39 Å². The van der Waals surface area contributed by atoms with Gasteiger partial charge in [0.05, 0.1) is 5.71 Å². The predicted molar refractivity (Wildman–Crippen MR) is 115 cm³/mol. The van der Waals surface area contributed by atoms with Crippen LogP contribution < -0.4 is 11.1 Å². The number of aromatic amines is 1. The van der Waals surface area contributed by atoms with Gasteiger partial charge in [-0.15, -0.1) is 0 Å². The largest absolute Gasteiger partial charge is 0.385 e. The van der Waals surface area contributed by atoms with Crippen LogP contribution in [0.25, 0.3) is 11.0 Å². The molecule has 0 amide bonds. The molecule has 0 aliphatic heterocycles. The van der Waals surface area contributed by atoms with Gasteiger partial charge in [0.25, 0.3) is 0 Å². The van der Waals surface area contributed by atoms with Gasteiger partial charge in [-0.2, -0.15) is 0 Å². The Morgan fingerprint density at radius 3 is 2.63 bits per heavy atom. The summed E-state index contributed by atoms with van der Waals surface area (Å²) in [6, 6.07) is 7.75. The molecule has 0 aliphatic carbocycles. The molecular weight excluding hydrogens is 381 g/mol. The third-order valence-corrected chi connectivity index (χ3v) is 4.56. The molecule has 4 aromatic rings. The van der Waals surface area contributed by atoms with E-state index in [2.05, 4.69) is 31.3 Å². The number of anilines is 1. The Kier molecular flexibility index (Phi) is 5.21. The molecule has 30 heavy (non-hydrogen) atoms. The lowest BCUT2D eigenvalue weighted by molar-refractivity contribution is 0.628. The number of nitrogens with two attached hydrogens (primary N) is 1. The van der Waals surface area contributed by atoms with Gasteiger partial charge in [-0.1, -0.05) is 0 Å². The van der Waals surface area contributed by atoms with Crippen LogP contribution in [0.1, 0.15) is 22.3 Å². The summed E-state index contributed by atoms with van der Waals surface area (Å²) in [5, 5.41) is 12.0. The number of nitrogens with zero attached hydrogens (tertiary/aromatic N) is 3. The van der Waals surface area contributed by atoms with Crippen LogP contribution in [-0.2, 0) is 6.42 Å². The second-order valence-electron chi connectivity index (χ2n) is 6.96. The lowest BCUT2D eigenvalue weighted by Crippen LogP contribution is -2.13. The maximum atomic E-state index is 13.0. The molecule has 0 spiro atoms. The van der Waals surface area contributed by atoms with Crippen LogP contribution >= 0.6 is 0 Å². The fourth-order valence-electron chi connectivity index (χ4n) is 3.07. The number of fused-ring (bicyclic) bond motifs is 1. The summed E-state index contributed by atoms with van der Waals surface area (Å²) in [5.74, 6) is 0.195. The van der Waals surface area contributed by atoms with E-state index in [1.54, 1.807) is 12.4 Å². The number of halogens is 1. The van der Waals surface area contributed by atoms with Crippen molar-refractivity contribution in [1.29, 1.82) is 5.41 Å². The molecule has 3 heterocycles. The van der Waals surface area contributed by atoms with Crippen molar-refractivity contribution >= 4 is 22.7 Å². The van der Waals surface area contributed by atoms with E-state index >= 15 is 0 Å². The number of H-pyrrole nitrogens is 1. The number of aromatic nitrogens is 4. The lowest BCUT2D eigenvalue weighted by Gasteiger charge is -2.07. The molecule has 0 saturated heterocycles. The summed E-state index contributed by atoms with van der Waals surface area (Å²) >= 11 is 0. The van der Waals surface area contributed by atoms with E-state index in [1.165, 1.54) is 30.3 Å². The van der Waals surface area contributed by atoms with Crippen molar-refractivity contribution in [2.45, 2.75) is 13.3 Å². The molecule has 0 fully saturated rings. The summed E-state index contributed by atoms with van der Waals surface area (Å²) in [6.45, 7) is 2.01. The standard InChI is InChI=1S/C22H20FN7/c1-13-6-18-16(12-27-21(18)26-9-13)7-14-10-28-22(29-11-14)30-20(25)8-19(24)15-2-4-17(23)5-3-15/h2-6,8-12,24H,7,25H2,1H3,(H,26,27)(H,28,29,30)/b20-8+,24-19?. The Morgan fingerprint density at radius 2 is 1.90 bits per heavy atom. The third-order valence-electron chi connectivity index (χ3n) is 4.56. The van der Waals surface area contributed by atoms with Crippen molar-refractivity contribution in [3.63, 3.8) is 0 Å². The van der Waals surface area contributed by atoms with Crippen molar-refractivity contribution in [3.8, 4) is 0 Å². The van der Waals surface area contributed by atoms with Crippen LogP contribution in [-0.4, -0.2) is 25.6 Å². The number of aryl methyl sites for hydroxylation is 1. The fraction of sp³-hybridized carbons (Fsp3) is 0.0909. The molecular formula is C22H20FN7. The quantitative estimate of drug-likeness (QED) is 0.368. The first-order valence-corrected chi connectivity index (χ1v) is 9.30. The number of rotatable bonds is 6. The summed E-state index contributed by atoms with van der Waals surface area (Å²) in [4.78, 5) is 16.2. The summed E-state index contributed by atoms with van der Waals surface area (Å²) in [5.41, 5.74) is 10.7. The van der Waals surface area contributed by atoms with Gasteiger partial charge >= 0.3 is 0 Å². The molecule has 7 nitrogen and oxygen atoms in total. The molecule has 0 aliphatic rings. The first-order chi connectivity index (χ1) is 14.5. The van der Waals surface area contributed by atoms with Crippen LogP contribution in [0.15, 0.2) is 67.0 Å². The van der Waals surface area contributed by atoms with Crippen LogP contribution in [0.3, 0.4) is 0 Å². The second-order valence-corrected chi connectivity index (χ2v) is 6.96. The molecule has 8 heteroatoms. The van der Waals surface area contributed by atoms with Crippen LogP contribution in [0, 0.1) is 18.2 Å². The zero-order valence-corrected chi connectivity index (χ0v) is 16.3. The fourth-order valence-corrected chi connectivity index (χ4v) is 3.07. The van der Waals surface area contributed by atoms with Gasteiger partial charge in [0, 0.05) is 42.7 Å². The van der Waals surface area contributed by atoms with Gasteiger partial charge in [0.2, 0.25) is 5.95 Å².